The van der Waals surface area contributed by atoms with Gasteiger partial charge in [-0.05, 0) is 19.4 Å². The van der Waals surface area contributed by atoms with Crippen LogP contribution in [0.3, 0.4) is 0 Å². The topological polar surface area (TPSA) is 60.8 Å². The molecule has 2 atom stereocenters. The van der Waals surface area contributed by atoms with Gasteiger partial charge in [-0.1, -0.05) is 33.6 Å². The summed E-state index contributed by atoms with van der Waals surface area (Å²) in [5.74, 6) is -1.14. The van der Waals surface area contributed by atoms with Gasteiger partial charge in [0.1, 0.15) is 0 Å². The van der Waals surface area contributed by atoms with Gasteiger partial charge in [0.05, 0.1) is 12.5 Å². The highest BCUT2D eigenvalue weighted by Crippen LogP contribution is 2.10. The Hall–Kier alpha value is -0.610. The van der Waals surface area contributed by atoms with E-state index in [1.54, 1.807) is 6.92 Å². The number of unbranched alkanes of at least 4 members (excludes halogenated alkanes) is 2. The van der Waals surface area contributed by atoms with Gasteiger partial charge < -0.3 is 10.2 Å². The van der Waals surface area contributed by atoms with E-state index in [2.05, 4.69) is 11.8 Å². The number of aliphatic hydroxyl groups is 1. The standard InChI is InChI=1S/C13H27NO3/c1-4-6-7-8-14(12(5-2)10-15)9-11(3)13(16)17/h11-12,15H,4-10H2,1-3H3,(H,16,17). The molecule has 2 N–H and O–H groups in total. The number of carboxylic acid groups (broad SMARTS) is 1. The maximum atomic E-state index is 10.9. The van der Waals surface area contributed by atoms with Crippen LogP contribution in [0.1, 0.15) is 46.5 Å². The Kier molecular flexibility index (Phi) is 9.09. The molecule has 0 fully saturated rings. The molecule has 17 heavy (non-hydrogen) atoms. The second-order valence-corrected chi connectivity index (χ2v) is 4.69. The van der Waals surface area contributed by atoms with Crippen LogP contribution in [0, 0.1) is 5.92 Å². The summed E-state index contributed by atoms with van der Waals surface area (Å²) in [5, 5.41) is 18.3. The van der Waals surface area contributed by atoms with Crippen LogP contribution in [0.25, 0.3) is 0 Å². The number of carbonyl (C=O) groups is 1. The van der Waals surface area contributed by atoms with E-state index < -0.39 is 5.97 Å². The van der Waals surface area contributed by atoms with Gasteiger partial charge in [-0.3, -0.25) is 9.69 Å². The highest BCUT2D eigenvalue weighted by atomic mass is 16.4. The van der Waals surface area contributed by atoms with Crippen molar-refractivity contribution in [3.8, 4) is 0 Å². The lowest BCUT2D eigenvalue weighted by molar-refractivity contribution is -0.142. The second kappa shape index (κ2) is 9.42. The van der Waals surface area contributed by atoms with Gasteiger partial charge in [-0.25, -0.2) is 0 Å². The molecule has 0 aromatic heterocycles. The summed E-state index contributed by atoms with van der Waals surface area (Å²) < 4.78 is 0. The Bertz CT molecular complexity index is 205. The van der Waals surface area contributed by atoms with Crippen LogP contribution in [0.4, 0.5) is 0 Å². The lowest BCUT2D eigenvalue weighted by Gasteiger charge is -2.31. The minimum Gasteiger partial charge on any atom is -0.481 e. The molecule has 0 aliphatic carbocycles. The fraction of sp³-hybridized carbons (Fsp3) is 0.923. The van der Waals surface area contributed by atoms with Crippen LogP contribution in [0.5, 0.6) is 0 Å². The Morgan fingerprint density at radius 1 is 1.29 bits per heavy atom. The van der Waals surface area contributed by atoms with Crippen molar-refractivity contribution in [2.24, 2.45) is 5.92 Å². The molecule has 0 aromatic carbocycles. The molecule has 0 spiro atoms. The first kappa shape index (κ1) is 16.4. The van der Waals surface area contributed by atoms with Crippen LogP contribution in [-0.2, 0) is 4.79 Å². The Balaban J connectivity index is 4.32. The van der Waals surface area contributed by atoms with E-state index in [9.17, 15) is 9.90 Å². The van der Waals surface area contributed by atoms with Crippen LogP contribution in [0.15, 0.2) is 0 Å². The average Bonchev–Trinajstić information content (AvgIpc) is 2.30. The minimum absolute atomic E-state index is 0.0913. The largest absolute Gasteiger partial charge is 0.481 e. The molecule has 0 rings (SSSR count). The molecule has 0 amide bonds. The molecule has 0 radical (unpaired) electrons. The van der Waals surface area contributed by atoms with Gasteiger partial charge in [0.2, 0.25) is 0 Å². The number of nitrogens with zero attached hydrogens (tertiary/aromatic N) is 1. The van der Waals surface area contributed by atoms with Crippen molar-refractivity contribution in [2.75, 3.05) is 19.7 Å². The molecule has 2 unspecified atom stereocenters. The quantitative estimate of drug-likeness (QED) is 0.578. The first-order valence-electron chi connectivity index (χ1n) is 6.64. The zero-order valence-corrected chi connectivity index (χ0v) is 11.4. The van der Waals surface area contributed by atoms with Crippen LogP contribution < -0.4 is 0 Å². The van der Waals surface area contributed by atoms with Crippen LogP contribution in [0.2, 0.25) is 0 Å². The Labute approximate surface area is 105 Å². The third kappa shape index (κ3) is 6.64. The summed E-state index contributed by atoms with van der Waals surface area (Å²) in [6.07, 6.45) is 4.23. The average molecular weight is 245 g/mol. The lowest BCUT2D eigenvalue weighted by Crippen LogP contribution is -2.42. The molecule has 102 valence electrons. The van der Waals surface area contributed by atoms with E-state index in [0.29, 0.717) is 6.54 Å². The molecule has 0 aliphatic heterocycles. The van der Waals surface area contributed by atoms with Gasteiger partial charge in [-0.2, -0.15) is 0 Å². The molecule has 0 heterocycles. The highest BCUT2D eigenvalue weighted by Gasteiger charge is 2.21. The van der Waals surface area contributed by atoms with Crippen molar-refractivity contribution in [1.82, 2.24) is 4.90 Å². The minimum atomic E-state index is -0.765. The summed E-state index contributed by atoms with van der Waals surface area (Å²) in [6, 6.07) is 0.0913. The summed E-state index contributed by atoms with van der Waals surface area (Å²) in [4.78, 5) is 13.0. The van der Waals surface area contributed by atoms with Gasteiger partial charge in [0.15, 0.2) is 0 Å². The van der Waals surface area contributed by atoms with E-state index in [0.717, 1.165) is 32.2 Å². The summed E-state index contributed by atoms with van der Waals surface area (Å²) in [7, 11) is 0. The van der Waals surface area contributed by atoms with Crippen LogP contribution >= 0.6 is 0 Å². The normalized spacial score (nSPS) is 14.9. The predicted molar refractivity (Wildman–Crippen MR) is 69.1 cm³/mol. The number of hydrogen-bond donors (Lipinski definition) is 2. The molecule has 4 heteroatoms. The zero-order valence-electron chi connectivity index (χ0n) is 11.4. The fourth-order valence-corrected chi connectivity index (χ4v) is 1.92. The van der Waals surface area contributed by atoms with E-state index in [4.69, 9.17) is 5.11 Å². The summed E-state index contributed by atoms with van der Waals surface area (Å²) >= 11 is 0. The number of rotatable bonds is 10. The third-order valence-corrected chi connectivity index (χ3v) is 3.18. The maximum absolute atomic E-state index is 10.9. The van der Waals surface area contributed by atoms with E-state index in [1.165, 1.54) is 0 Å². The monoisotopic (exact) mass is 245 g/mol. The van der Waals surface area contributed by atoms with Crippen molar-refractivity contribution in [2.45, 2.75) is 52.5 Å². The molecule has 0 saturated heterocycles. The zero-order chi connectivity index (χ0) is 13.3. The second-order valence-electron chi connectivity index (χ2n) is 4.69. The predicted octanol–water partition coefficient (Wildman–Crippen LogP) is 1.97. The molecule has 0 saturated carbocycles. The Morgan fingerprint density at radius 2 is 1.94 bits per heavy atom. The number of hydrogen-bond acceptors (Lipinski definition) is 3. The van der Waals surface area contributed by atoms with Crippen LogP contribution in [-0.4, -0.2) is 46.8 Å². The number of carboxylic acids is 1. The number of aliphatic hydroxyl groups excluding tert-OH is 1. The first-order chi connectivity index (χ1) is 8.06. The van der Waals surface area contributed by atoms with Crippen molar-refractivity contribution in [3.05, 3.63) is 0 Å². The molecular formula is C13H27NO3. The van der Waals surface area contributed by atoms with Crippen molar-refractivity contribution in [1.29, 1.82) is 0 Å². The fourth-order valence-electron chi connectivity index (χ4n) is 1.92. The number of aliphatic carboxylic acids is 1. The van der Waals surface area contributed by atoms with E-state index in [-0.39, 0.29) is 18.6 Å². The third-order valence-electron chi connectivity index (χ3n) is 3.18. The van der Waals surface area contributed by atoms with Gasteiger partial charge in [0, 0.05) is 12.6 Å². The summed E-state index contributed by atoms with van der Waals surface area (Å²) in [5.41, 5.74) is 0. The van der Waals surface area contributed by atoms with Gasteiger partial charge in [-0.15, -0.1) is 0 Å². The Morgan fingerprint density at radius 3 is 2.35 bits per heavy atom. The van der Waals surface area contributed by atoms with E-state index in [1.807, 2.05) is 6.92 Å². The highest BCUT2D eigenvalue weighted by molar-refractivity contribution is 5.69. The first-order valence-corrected chi connectivity index (χ1v) is 6.64. The smallest absolute Gasteiger partial charge is 0.307 e. The van der Waals surface area contributed by atoms with Crippen molar-refractivity contribution < 1.29 is 15.0 Å². The SMILES string of the molecule is CCCCCN(CC(C)C(=O)O)C(CC)CO. The van der Waals surface area contributed by atoms with Gasteiger partial charge >= 0.3 is 5.97 Å². The van der Waals surface area contributed by atoms with Gasteiger partial charge in [0.25, 0.3) is 0 Å². The maximum Gasteiger partial charge on any atom is 0.307 e. The van der Waals surface area contributed by atoms with E-state index >= 15 is 0 Å². The molecule has 0 aromatic rings. The molecule has 0 bridgehead atoms. The van der Waals surface area contributed by atoms with Crippen molar-refractivity contribution in [3.63, 3.8) is 0 Å². The molecular weight excluding hydrogens is 218 g/mol. The molecule has 4 nitrogen and oxygen atoms in total. The van der Waals surface area contributed by atoms with Crippen molar-refractivity contribution >= 4 is 5.97 Å². The summed E-state index contributed by atoms with van der Waals surface area (Å²) in [6.45, 7) is 7.41. The molecule has 0 aliphatic rings. The lowest BCUT2D eigenvalue weighted by atomic mass is 10.1.